The normalized spacial score (nSPS) is 30.8. The second kappa shape index (κ2) is 6.83. The summed E-state index contributed by atoms with van der Waals surface area (Å²) >= 11 is 0. The number of hydrogen-bond acceptors (Lipinski definition) is 8. The minimum atomic E-state index is -1.17. The smallest absolute Gasteiger partial charge is 0.167 e. The van der Waals surface area contributed by atoms with Crippen molar-refractivity contribution in [2.75, 3.05) is 11.9 Å². The Bertz CT molecular complexity index is 732. The molecule has 136 valence electrons. The van der Waals surface area contributed by atoms with E-state index < -0.39 is 24.5 Å². The minimum absolute atomic E-state index is 0.370. The third-order valence-corrected chi connectivity index (χ3v) is 5.10. The molecule has 25 heavy (non-hydrogen) atoms. The van der Waals surface area contributed by atoms with Gasteiger partial charge in [0.05, 0.1) is 12.9 Å². The van der Waals surface area contributed by atoms with Gasteiger partial charge in [-0.05, 0) is 12.8 Å². The van der Waals surface area contributed by atoms with Gasteiger partial charge in [-0.3, -0.25) is 4.57 Å². The average molecular weight is 349 g/mol. The van der Waals surface area contributed by atoms with Crippen molar-refractivity contribution in [1.29, 1.82) is 0 Å². The predicted molar refractivity (Wildman–Crippen MR) is 88.8 cm³/mol. The highest BCUT2D eigenvalue weighted by Crippen LogP contribution is 2.32. The maximum Gasteiger partial charge on any atom is 0.167 e. The van der Waals surface area contributed by atoms with E-state index in [1.165, 1.54) is 31.9 Å². The van der Waals surface area contributed by atoms with Crippen LogP contribution < -0.4 is 5.32 Å². The first-order valence-corrected chi connectivity index (χ1v) is 8.75. The van der Waals surface area contributed by atoms with E-state index in [0.29, 0.717) is 23.0 Å². The highest BCUT2D eigenvalue weighted by molar-refractivity contribution is 5.82. The lowest BCUT2D eigenvalue weighted by Gasteiger charge is -2.23. The lowest BCUT2D eigenvalue weighted by Crippen LogP contribution is -2.33. The third-order valence-electron chi connectivity index (χ3n) is 5.10. The van der Waals surface area contributed by atoms with Crippen molar-refractivity contribution in [3.8, 4) is 0 Å². The number of nitrogens with zero attached hydrogens (tertiary/aromatic N) is 4. The number of rotatable bonds is 4. The van der Waals surface area contributed by atoms with E-state index >= 15 is 0 Å². The fourth-order valence-electron chi connectivity index (χ4n) is 3.69. The van der Waals surface area contributed by atoms with Crippen LogP contribution >= 0.6 is 0 Å². The number of hydrogen-bond donors (Lipinski definition) is 4. The Balaban J connectivity index is 1.62. The highest BCUT2D eigenvalue weighted by atomic mass is 16.6. The molecule has 2 aromatic heterocycles. The van der Waals surface area contributed by atoms with Crippen LogP contribution in [0, 0.1) is 0 Å². The average Bonchev–Trinajstić information content (AvgIpc) is 3.18. The summed E-state index contributed by atoms with van der Waals surface area (Å²) in [5.74, 6) is 0.669. The molecule has 4 atom stereocenters. The zero-order valence-electron chi connectivity index (χ0n) is 13.8. The van der Waals surface area contributed by atoms with Crippen molar-refractivity contribution in [3.05, 3.63) is 12.7 Å². The van der Waals surface area contributed by atoms with Crippen LogP contribution in [-0.2, 0) is 4.74 Å². The van der Waals surface area contributed by atoms with E-state index in [9.17, 15) is 15.3 Å². The summed E-state index contributed by atoms with van der Waals surface area (Å²) in [6.45, 7) is -0.370. The lowest BCUT2D eigenvalue weighted by atomic mass is 9.95. The second-order valence-corrected chi connectivity index (χ2v) is 6.75. The van der Waals surface area contributed by atoms with Crippen molar-refractivity contribution in [2.24, 2.45) is 0 Å². The summed E-state index contributed by atoms with van der Waals surface area (Å²) in [6.07, 6.45) is 4.88. The molecule has 1 aliphatic carbocycles. The Morgan fingerprint density at radius 2 is 1.92 bits per heavy atom. The molecule has 0 aromatic carbocycles. The van der Waals surface area contributed by atoms with E-state index in [2.05, 4.69) is 20.3 Å². The fraction of sp³-hybridized carbons (Fsp3) is 0.688. The summed E-state index contributed by atoms with van der Waals surface area (Å²) in [7, 11) is 0. The highest BCUT2D eigenvalue weighted by Gasteiger charge is 2.44. The van der Waals surface area contributed by atoms with Crippen LogP contribution in [0.4, 0.5) is 5.82 Å². The summed E-state index contributed by atoms with van der Waals surface area (Å²) in [5, 5.41) is 32.9. The van der Waals surface area contributed by atoms with E-state index in [1.54, 1.807) is 4.57 Å². The van der Waals surface area contributed by atoms with Gasteiger partial charge in [-0.15, -0.1) is 0 Å². The van der Waals surface area contributed by atoms with Gasteiger partial charge in [0.1, 0.15) is 24.6 Å². The molecule has 0 unspecified atom stereocenters. The predicted octanol–water partition coefficient (Wildman–Crippen LogP) is 0.182. The molecule has 9 nitrogen and oxygen atoms in total. The molecule has 4 rings (SSSR count). The first kappa shape index (κ1) is 16.6. The van der Waals surface area contributed by atoms with E-state index in [-0.39, 0.29) is 6.61 Å². The van der Waals surface area contributed by atoms with Crippen molar-refractivity contribution >= 4 is 17.0 Å². The summed E-state index contributed by atoms with van der Waals surface area (Å²) < 4.78 is 7.15. The largest absolute Gasteiger partial charge is 0.394 e. The van der Waals surface area contributed by atoms with Crippen LogP contribution in [-0.4, -0.2) is 65.8 Å². The van der Waals surface area contributed by atoms with Gasteiger partial charge in [0.2, 0.25) is 0 Å². The number of aromatic nitrogens is 4. The Labute approximate surface area is 144 Å². The number of nitrogens with one attached hydrogen (secondary N) is 1. The Morgan fingerprint density at radius 1 is 1.12 bits per heavy atom. The zero-order chi connectivity index (χ0) is 17.4. The number of anilines is 1. The molecule has 1 saturated heterocycles. The zero-order valence-corrected chi connectivity index (χ0v) is 13.8. The molecule has 0 amide bonds. The number of aliphatic hydroxyl groups is 3. The lowest BCUT2D eigenvalue weighted by molar-refractivity contribution is -0.0511. The molecule has 0 bridgehead atoms. The second-order valence-electron chi connectivity index (χ2n) is 6.75. The van der Waals surface area contributed by atoms with Gasteiger partial charge in [0.15, 0.2) is 23.2 Å². The molecule has 4 N–H and O–H groups in total. The summed E-state index contributed by atoms with van der Waals surface area (Å²) in [4.78, 5) is 13.0. The van der Waals surface area contributed by atoms with Crippen LogP contribution in [0.25, 0.3) is 11.2 Å². The molecule has 3 heterocycles. The first-order chi connectivity index (χ1) is 12.2. The monoisotopic (exact) mass is 349 g/mol. The molecular formula is C16H23N5O4. The molecule has 0 spiro atoms. The van der Waals surface area contributed by atoms with Gasteiger partial charge in [0.25, 0.3) is 0 Å². The molecule has 1 aliphatic heterocycles. The van der Waals surface area contributed by atoms with Crippen LogP contribution in [0.1, 0.15) is 38.3 Å². The maximum absolute atomic E-state index is 10.2. The van der Waals surface area contributed by atoms with Gasteiger partial charge >= 0.3 is 0 Å². The van der Waals surface area contributed by atoms with Crippen LogP contribution in [0.2, 0.25) is 0 Å². The first-order valence-electron chi connectivity index (χ1n) is 8.75. The summed E-state index contributed by atoms with van der Waals surface area (Å²) in [5.41, 5.74) is 1.12. The molecular weight excluding hydrogens is 326 g/mol. The third kappa shape index (κ3) is 2.97. The van der Waals surface area contributed by atoms with E-state index in [0.717, 1.165) is 12.8 Å². The van der Waals surface area contributed by atoms with Crippen LogP contribution in [0.5, 0.6) is 0 Å². The number of aliphatic hydroxyl groups excluding tert-OH is 3. The Hall–Kier alpha value is -1.81. The van der Waals surface area contributed by atoms with Crippen molar-refractivity contribution in [2.45, 2.75) is 62.7 Å². The molecule has 2 fully saturated rings. The van der Waals surface area contributed by atoms with Gasteiger partial charge < -0.3 is 25.4 Å². The topological polar surface area (TPSA) is 126 Å². The molecule has 2 aromatic rings. The Morgan fingerprint density at radius 3 is 2.64 bits per heavy atom. The SMILES string of the molecule is OC[C@@H]1O[C@@H](n2cnc3c(NC4CCCCC4)ncnc32)[C@@H](O)[C@@H]1O. The van der Waals surface area contributed by atoms with Crippen molar-refractivity contribution in [3.63, 3.8) is 0 Å². The van der Waals surface area contributed by atoms with E-state index in [1.807, 2.05) is 0 Å². The number of fused-ring (bicyclic) bond motifs is 1. The molecule has 0 radical (unpaired) electrons. The van der Waals surface area contributed by atoms with Gasteiger partial charge in [-0.25, -0.2) is 15.0 Å². The maximum atomic E-state index is 10.2. The Kier molecular flexibility index (Phi) is 4.55. The van der Waals surface area contributed by atoms with Crippen molar-refractivity contribution < 1.29 is 20.1 Å². The number of ether oxygens (including phenoxy) is 1. The quantitative estimate of drug-likeness (QED) is 0.616. The molecule has 2 aliphatic rings. The van der Waals surface area contributed by atoms with Gasteiger partial charge in [-0.1, -0.05) is 19.3 Å². The summed E-state index contributed by atoms with van der Waals surface area (Å²) in [6, 6.07) is 0.380. The standard InChI is InChI=1S/C16H23N5O4/c22-6-10-12(23)13(24)16(25-10)21-8-19-11-14(17-7-18-15(11)21)20-9-4-2-1-3-5-9/h7-10,12-13,16,22-24H,1-6H2,(H,17,18,20)/t10-,12+,13-,16+/m0/s1. The van der Waals surface area contributed by atoms with Crippen LogP contribution in [0.3, 0.4) is 0 Å². The van der Waals surface area contributed by atoms with E-state index in [4.69, 9.17) is 4.74 Å². The molecule has 1 saturated carbocycles. The van der Waals surface area contributed by atoms with Crippen molar-refractivity contribution in [1.82, 2.24) is 19.5 Å². The fourth-order valence-corrected chi connectivity index (χ4v) is 3.69. The minimum Gasteiger partial charge on any atom is -0.394 e. The number of imidazole rings is 1. The van der Waals surface area contributed by atoms with Crippen LogP contribution in [0.15, 0.2) is 12.7 Å². The molecule has 9 heteroatoms. The van der Waals surface area contributed by atoms with Gasteiger partial charge in [-0.2, -0.15) is 0 Å². The van der Waals surface area contributed by atoms with Gasteiger partial charge in [0, 0.05) is 6.04 Å².